The minimum Gasteiger partial charge on any atom is -0.342 e. The van der Waals surface area contributed by atoms with Crippen molar-refractivity contribution in [2.24, 2.45) is 5.92 Å². The number of hydrogen-bond donors (Lipinski definition) is 3. The van der Waals surface area contributed by atoms with Crippen LogP contribution in [0.15, 0.2) is 23.0 Å². The summed E-state index contributed by atoms with van der Waals surface area (Å²) in [4.78, 5) is 47.4. The Bertz CT molecular complexity index is 1070. The van der Waals surface area contributed by atoms with Crippen LogP contribution in [0.2, 0.25) is 10.0 Å². The number of H-pyrrole nitrogens is 1. The second-order valence-corrected chi connectivity index (χ2v) is 8.61. The summed E-state index contributed by atoms with van der Waals surface area (Å²) >= 11 is 12.1. The number of amides is 2. The first-order valence-electron chi connectivity index (χ1n) is 9.76. The molecule has 10 heteroatoms. The van der Waals surface area contributed by atoms with E-state index in [1.165, 1.54) is 6.07 Å². The fourth-order valence-electron chi connectivity index (χ4n) is 3.93. The minimum absolute atomic E-state index is 0.126. The fourth-order valence-corrected chi connectivity index (χ4v) is 4.26. The topological polar surface area (TPSA) is 107 Å². The molecule has 2 unspecified atom stereocenters. The standard InChI is InChI=1S/C20H21Cl2N5O3/c1-10-3-2-6-27(9-10)20-25-17-16(19(30)26-20)12(8-15(28)24-17)18(29)23-14-7-11(21)4-5-13(14)22/h4-5,7,10,12H,2-3,6,8-9H2,1H3,(H,23,29)(H2,24,25,26,28,30). The van der Waals surface area contributed by atoms with E-state index in [0.717, 1.165) is 25.9 Å². The third-order valence-corrected chi connectivity index (χ3v) is 5.96. The smallest absolute Gasteiger partial charge is 0.258 e. The van der Waals surface area contributed by atoms with Crippen LogP contribution in [-0.4, -0.2) is 34.9 Å². The van der Waals surface area contributed by atoms with Crippen LogP contribution in [0.5, 0.6) is 0 Å². The summed E-state index contributed by atoms with van der Waals surface area (Å²) in [5, 5.41) is 6.00. The molecule has 0 bridgehead atoms. The summed E-state index contributed by atoms with van der Waals surface area (Å²) in [6.07, 6.45) is 1.96. The lowest BCUT2D eigenvalue weighted by Gasteiger charge is -2.32. The summed E-state index contributed by atoms with van der Waals surface area (Å²) in [7, 11) is 0. The number of nitrogens with one attached hydrogen (secondary N) is 3. The Labute approximate surface area is 183 Å². The quantitative estimate of drug-likeness (QED) is 0.665. The Balaban J connectivity index is 1.66. The molecular formula is C20H21Cl2N5O3. The summed E-state index contributed by atoms with van der Waals surface area (Å²) in [5.74, 6) is -0.882. The van der Waals surface area contributed by atoms with Gasteiger partial charge in [0.15, 0.2) is 0 Å². The van der Waals surface area contributed by atoms with Gasteiger partial charge in [0.05, 0.1) is 22.2 Å². The molecule has 0 saturated carbocycles. The number of carbonyl (C=O) groups is 2. The number of benzene rings is 1. The van der Waals surface area contributed by atoms with Gasteiger partial charge in [-0.1, -0.05) is 30.1 Å². The summed E-state index contributed by atoms with van der Waals surface area (Å²) in [6.45, 7) is 3.69. The number of hydrogen-bond acceptors (Lipinski definition) is 5. The molecule has 0 aliphatic carbocycles. The minimum atomic E-state index is -0.991. The van der Waals surface area contributed by atoms with Gasteiger partial charge in [-0.15, -0.1) is 0 Å². The van der Waals surface area contributed by atoms with Crippen LogP contribution in [0, 0.1) is 5.92 Å². The van der Waals surface area contributed by atoms with Crippen molar-refractivity contribution in [3.05, 3.63) is 44.2 Å². The molecule has 4 rings (SSSR count). The lowest BCUT2D eigenvalue weighted by Crippen LogP contribution is -2.40. The molecule has 1 saturated heterocycles. The highest BCUT2D eigenvalue weighted by Gasteiger charge is 2.35. The van der Waals surface area contributed by atoms with Crippen molar-refractivity contribution in [2.45, 2.75) is 32.1 Å². The van der Waals surface area contributed by atoms with Gasteiger partial charge < -0.3 is 15.5 Å². The maximum Gasteiger partial charge on any atom is 0.258 e. The highest BCUT2D eigenvalue weighted by atomic mass is 35.5. The van der Waals surface area contributed by atoms with Crippen LogP contribution in [0.3, 0.4) is 0 Å². The van der Waals surface area contributed by atoms with Crippen molar-refractivity contribution in [1.82, 2.24) is 9.97 Å². The van der Waals surface area contributed by atoms with Gasteiger partial charge in [-0.2, -0.15) is 4.98 Å². The van der Waals surface area contributed by atoms with E-state index in [4.69, 9.17) is 23.2 Å². The first-order valence-corrected chi connectivity index (χ1v) is 10.5. The molecule has 3 N–H and O–H groups in total. The van der Waals surface area contributed by atoms with E-state index in [1.807, 2.05) is 4.90 Å². The van der Waals surface area contributed by atoms with Crippen molar-refractivity contribution >= 4 is 52.5 Å². The van der Waals surface area contributed by atoms with Crippen LogP contribution >= 0.6 is 23.2 Å². The summed E-state index contributed by atoms with van der Waals surface area (Å²) < 4.78 is 0. The number of carbonyl (C=O) groups excluding carboxylic acids is 2. The van der Waals surface area contributed by atoms with Gasteiger partial charge in [0.25, 0.3) is 5.56 Å². The van der Waals surface area contributed by atoms with Crippen LogP contribution < -0.4 is 21.1 Å². The van der Waals surface area contributed by atoms with Crippen LogP contribution in [0.4, 0.5) is 17.5 Å². The zero-order valence-electron chi connectivity index (χ0n) is 16.3. The van der Waals surface area contributed by atoms with Crippen molar-refractivity contribution in [1.29, 1.82) is 0 Å². The molecule has 0 spiro atoms. The predicted octanol–water partition coefficient (Wildman–Crippen LogP) is 3.38. The molecule has 1 aromatic heterocycles. The van der Waals surface area contributed by atoms with Crippen LogP contribution in [-0.2, 0) is 9.59 Å². The number of fused-ring (bicyclic) bond motifs is 1. The number of nitrogens with zero attached hydrogens (tertiary/aromatic N) is 2. The molecule has 30 heavy (non-hydrogen) atoms. The normalized spacial score (nSPS) is 21.0. The SMILES string of the molecule is CC1CCCN(c2nc3c(c(=O)[nH]2)C(C(=O)Nc2cc(Cl)ccc2Cl)CC(=O)N3)C1. The number of anilines is 3. The number of piperidine rings is 1. The molecule has 2 atom stereocenters. The first-order chi connectivity index (χ1) is 14.3. The lowest BCUT2D eigenvalue weighted by molar-refractivity contribution is -0.123. The molecule has 0 radical (unpaired) electrons. The van der Waals surface area contributed by atoms with Crippen molar-refractivity contribution in [3.63, 3.8) is 0 Å². The first kappa shape index (κ1) is 20.7. The van der Waals surface area contributed by atoms with E-state index in [2.05, 4.69) is 27.5 Å². The Morgan fingerprint density at radius 1 is 1.30 bits per heavy atom. The average Bonchev–Trinajstić information content (AvgIpc) is 2.69. The van der Waals surface area contributed by atoms with E-state index in [-0.39, 0.29) is 23.7 Å². The lowest BCUT2D eigenvalue weighted by atomic mass is 9.92. The molecule has 2 amide bonds. The highest BCUT2D eigenvalue weighted by molar-refractivity contribution is 6.35. The molecule has 2 aromatic rings. The Hall–Kier alpha value is -2.58. The van der Waals surface area contributed by atoms with Gasteiger partial charge >= 0.3 is 0 Å². The van der Waals surface area contributed by atoms with Gasteiger partial charge in [0.1, 0.15) is 5.82 Å². The predicted molar refractivity (Wildman–Crippen MR) is 117 cm³/mol. The van der Waals surface area contributed by atoms with Crippen molar-refractivity contribution in [3.8, 4) is 0 Å². The van der Waals surface area contributed by atoms with Gasteiger partial charge in [0.2, 0.25) is 17.8 Å². The van der Waals surface area contributed by atoms with E-state index in [9.17, 15) is 14.4 Å². The number of rotatable bonds is 3. The third kappa shape index (κ3) is 4.15. The number of aromatic amines is 1. The molecule has 158 valence electrons. The van der Waals surface area contributed by atoms with E-state index < -0.39 is 17.4 Å². The zero-order valence-corrected chi connectivity index (χ0v) is 17.8. The molecule has 2 aliphatic heterocycles. The third-order valence-electron chi connectivity index (χ3n) is 5.40. The van der Waals surface area contributed by atoms with Crippen LogP contribution in [0.25, 0.3) is 0 Å². The second kappa shape index (κ2) is 8.28. The monoisotopic (exact) mass is 449 g/mol. The maximum atomic E-state index is 12.9. The summed E-state index contributed by atoms with van der Waals surface area (Å²) in [6, 6.07) is 4.66. The summed E-state index contributed by atoms with van der Waals surface area (Å²) in [5.41, 5.74) is 0.00892. The maximum absolute atomic E-state index is 12.9. The largest absolute Gasteiger partial charge is 0.342 e. The number of aromatic nitrogens is 2. The Kier molecular flexibility index (Phi) is 5.71. The molecule has 8 nitrogen and oxygen atoms in total. The van der Waals surface area contributed by atoms with Gasteiger partial charge in [-0.3, -0.25) is 19.4 Å². The second-order valence-electron chi connectivity index (χ2n) is 7.76. The van der Waals surface area contributed by atoms with Crippen LogP contribution in [0.1, 0.15) is 37.7 Å². The zero-order chi connectivity index (χ0) is 21.4. The average molecular weight is 450 g/mol. The molecule has 1 aromatic carbocycles. The number of halogens is 2. The van der Waals surface area contributed by atoms with Gasteiger partial charge in [-0.25, -0.2) is 0 Å². The van der Waals surface area contributed by atoms with E-state index in [1.54, 1.807) is 12.1 Å². The molecular weight excluding hydrogens is 429 g/mol. The van der Waals surface area contributed by atoms with Gasteiger partial charge in [0, 0.05) is 24.5 Å². The fraction of sp³-hybridized carbons (Fsp3) is 0.400. The Morgan fingerprint density at radius 2 is 2.10 bits per heavy atom. The molecule has 1 fully saturated rings. The van der Waals surface area contributed by atoms with Crippen molar-refractivity contribution < 1.29 is 9.59 Å². The van der Waals surface area contributed by atoms with E-state index in [0.29, 0.717) is 27.6 Å². The van der Waals surface area contributed by atoms with Gasteiger partial charge in [-0.05, 0) is 37.0 Å². The highest BCUT2D eigenvalue weighted by Crippen LogP contribution is 2.32. The molecule has 2 aliphatic rings. The Morgan fingerprint density at radius 3 is 2.87 bits per heavy atom. The van der Waals surface area contributed by atoms with Crippen molar-refractivity contribution in [2.75, 3.05) is 28.6 Å². The van der Waals surface area contributed by atoms with E-state index >= 15 is 0 Å². The molecule has 3 heterocycles.